The van der Waals surface area contributed by atoms with Crippen LogP contribution in [0.3, 0.4) is 0 Å². The maximum atomic E-state index is 12.5. The number of esters is 2. The molecule has 0 heterocycles. The van der Waals surface area contributed by atoms with Gasteiger partial charge in [0, 0.05) is 19.4 Å². The van der Waals surface area contributed by atoms with Gasteiger partial charge in [-0.3, -0.25) is 9.59 Å². The number of aliphatic hydroxyl groups is 1. The highest BCUT2D eigenvalue weighted by Crippen LogP contribution is 2.22. The Bertz CT molecular complexity index is 744. The SMILES string of the molecule is CCCCCCCCC(CCCCCC)COC(=O)CCCCCCCN(CCO)CCCCCCCC(=O)OCC(CCCCCC)CCCCCCCC. The Morgan fingerprint density at radius 3 is 1.02 bits per heavy atom. The van der Waals surface area contributed by atoms with Crippen LogP contribution in [0.1, 0.15) is 259 Å². The topological polar surface area (TPSA) is 76.1 Å². The summed E-state index contributed by atoms with van der Waals surface area (Å²) in [6, 6.07) is 0. The van der Waals surface area contributed by atoms with E-state index in [9.17, 15) is 14.7 Å². The van der Waals surface area contributed by atoms with Crippen LogP contribution in [-0.4, -0.2) is 61.4 Å². The lowest BCUT2D eigenvalue weighted by Crippen LogP contribution is -2.29. The maximum absolute atomic E-state index is 12.5. The third-order valence-electron chi connectivity index (χ3n) is 12.0. The second-order valence-electron chi connectivity index (χ2n) is 17.5. The number of ether oxygens (including phenoxy) is 2. The molecule has 6 nitrogen and oxygen atoms in total. The van der Waals surface area contributed by atoms with E-state index in [1.165, 1.54) is 167 Å². The van der Waals surface area contributed by atoms with Crippen molar-refractivity contribution in [2.24, 2.45) is 11.8 Å². The van der Waals surface area contributed by atoms with E-state index in [0.717, 1.165) is 71.0 Å². The molecule has 0 saturated carbocycles. The van der Waals surface area contributed by atoms with Crippen molar-refractivity contribution in [1.29, 1.82) is 0 Å². The summed E-state index contributed by atoms with van der Waals surface area (Å²) in [4.78, 5) is 27.4. The summed E-state index contributed by atoms with van der Waals surface area (Å²) in [7, 11) is 0. The molecule has 0 rings (SSSR count). The summed E-state index contributed by atoms with van der Waals surface area (Å²) in [5.41, 5.74) is 0. The number of hydrogen-bond acceptors (Lipinski definition) is 6. The van der Waals surface area contributed by atoms with E-state index in [0.29, 0.717) is 37.9 Å². The van der Waals surface area contributed by atoms with Gasteiger partial charge in [0.1, 0.15) is 0 Å². The van der Waals surface area contributed by atoms with Crippen LogP contribution in [0.2, 0.25) is 0 Å². The van der Waals surface area contributed by atoms with Crippen molar-refractivity contribution >= 4 is 11.9 Å². The lowest BCUT2D eigenvalue weighted by molar-refractivity contribution is -0.146. The molecule has 56 heavy (non-hydrogen) atoms. The first-order valence-electron chi connectivity index (χ1n) is 25.1. The summed E-state index contributed by atoms with van der Waals surface area (Å²) in [5.74, 6) is 1.06. The average Bonchev–Trinajstić information content (AvgIpc) is 3.20. The quantitative estimate of drug-likeness (QED) is 0.0489. The van der Waals surface area contributed by atoms with Gasteiger partial charge in [0.15, 0.2) is 0 Å². The number of aliphatic hydroxyl groups excluding tert-OH is 1. The van der Waals surface area contributed by atoms with Crippen molar-refractivity contribution in [2.45, 2.75) is 259 Å². The van der Waals surface area contributed by atoms with Crippen LogP contribution in [0.15, 0.2) is 0 Å². The standard InChI is InChI=1S/C50H99NO5/c1-5-9-13-17-21-29-37-47(35-27-15-11-7-3)45-55-49(53)39-31-23-19-25-33-41-51(43-44-52)42-34-26-20-24-32-40-50(54)56-46-48(36-28-16-12-8-4)38-30-22-18-14-10-6-2/h47-48,52H,5-46H2,1-4H3. The highest BCUT2D eigenvalue weighted by Gasteiger charge is 2.14. The summed E-state index contributed by atoms with van der Waals surface area (Å²) >= 11 is 0. The molecule has 0 aromatic rings. The lowest BCUT2D eigenvalue weighted by atomic mass is 9.95. The third-order valence-corrected chi connectivity index (χ3v) is 12.0. The van der Waals surface area contributed by atoms with E-state index in [-0.39, 0.29) is 18.5 Å². The van der Waals surface area contributed by atoms with Crippen molar-refractivity contribution in [1.82, 2.24) is 4.90 Å². The number of nitrogens with zero attached hydrogens (tertiary/aromatic N) is 1. The van der Waals surface area contributed by atoms with Crippen LogP contribution in [0.25, 0.3) is 0 Å². The van der Waals surface area contributed by atoms with Gasteiger partial charge in [0.05, 0.1) is 19.8 Å². The van der Waals surface area contributed by atoms with Crippen LogP contribution in [0, 0.1) is 11.8 Å². The van der Waals surface area contributed by atoms with Gasteiger partial charge in [-0.1, -0.05) is 195 Å². The fourth-order valence-corrected chi connectivity index (χ4v) is 8.08. The fraction of sp³-hybridized carbons (Fsp3) is 0.960. The van der Waals surface area contributed by atoms with E-state index < -0.39 is 0 Å². The first-order chi connectivity index (χ1) is 27.5. The van der Waals surface area contributed by atoms with Gasteiger partial charge in [-0.05, 0) is 76.3 Å². The number of carbonyl (C=O) groups is 2. The van der Waals surface area contributed by atoms with Crippen molar-refractivity contribution in [3.05, 3.63) is 0 Å². The molecular formula is C50H99NO5. The molecule has 2 unspecified atom stereocenters. The van der Waals surface area contributed by atoms with Crippen molar-refractivity contribution in [3.63, 3.8) is 0 Å². The van der Waals surface area contributed by atoms with Gasteiger partial charge >= 0.3 is 11.9 Å². The third kappa shape index (κ3) is 39.7. The maximum Gasteiger partial charge on any atom is 0.305 e. The van der Waals surface area contributed by atoms with Crippen molar-refractivity contribution in [3.8, 4) is 0 Å². The summed E-state index contributed by atoms with van der Waals surface area (Å²) in [6.45, 7) is 13.3. The Morgan fingerprint density at radius 1 is 0.393 bits per heavy atom. The van der Waals surface area contributed by atoms with Gasteiger partial charge < -0.3 is 19.5 Å². The minimum Gasteiger partial charge on any atom is -0.465 e. The minimum atomic E-state index is -0.00344. The van der Waals surface area contributed by atoms with Crippen molar-refractivity contribution in [2.75, 3.05) is 39.5 Å². The highest BCUT2D eigenvalue weighted by atomic mass is 16.5. The molecule has 0 aliphatic rings. The zero-order valence-corrected chi connectivity index (χ0v) is 38.4. The van der Waals surface area contributed by atoms with Gasteiger partial charge in [-0.2, -0.15) is 0 Å². The van der Waals surface area contributed by atoms with E-state index in [2.05, 4.69) is 32.6 Å². The molecule has 0 aromatic carbocycles. The fourth-order valence-electron chi connectivity index (χ4n) is 8.08. The van der Waals surface area contributed by atoms with Gasteiger partial charge in [0.25, 0.3) is 0 Å². The molecule has 0 radical (unpaired) electrons. The zero-order chi connectivity index (χ0) is 41.0. The van der Waals surface area contributed by atoms with E-state index in [1.54, 1.807) is 0 Å². The first kappa shape index (κ1) is 54.9. The number of hydrogen-bond donors (Lipinski definition) is 1. The summed E-state index contributed by atoms with van der Waals surface area (Å²) < 4.78 is 11.6. The van der Waals surface area contributed by atoms with Crippen LogP contribution in [0.4, 0.5) is 0 Å². The second kappa shape index (κ2) is 45.0. The molecule has 334 valence electrons. The smallest absolute Gasteiger partial charge is 0.305 e. The summed E-state index contributed by atoms with van der Waals surface area (Å²) in [6.07, 6.45) is 43.0. The monoisotopic (exact) mass is 794 g/mol. The highest BCUT2D eigenvalue weighted by molar-refractivity contribution is 5.69. The molecule has 0 saturated heterocycles. The van der Waals surface area contributed by atoms with Crippen LogP contribution in [0.5, 0.6) is 0 Å². The number of unbranched alkanes of at least 4 members (excludes halogenated alkanes) is 24. The Kier molecular flexibility index (Phi) is 44.0. The second-order valence-corrected chi connectivity index (χ2v) is 17.5. The molecule has 0 aromatic heterocycles. The Morgan fingerprint density at radius 2 is 0.679 bits per heavy atom. The Labute approximate surface area is 350 Å². The lowest BCUT2D eigenvalue weighted by Gasteiger charge is -2.21. The molecule has 0 fully saturated rings. The molecule has 0 bridgehead atoms. The largest absolute Gasteiger partial charge is 0.465 e. The summed E-state index contributed by atoms with van der Waals surface area (Å²) in [5, 5.41) is 9.61. The van der Waals surface area contributed by atoms with Crippen molar-refractivity contribution < 1.29 is 24.2 Å². The molecule has 0 aliphatic heterocycles. The van der Waals surface area contributed by atoms with Gasteiger partial charge in [-0.15, -0.1) is 0 Å². The number of carbonyl (C=O) groups excluding carboxylic acids is 2. The first-order valence-corrected chi connectivity index (χ1v) is 25.1. The molecule has 2 atom stereocenters. The minimum absolute atomic E-state index is 0.00344. The normalized spacial score (nSPS) is 12.7. The predicted octanol–water partition coefficient (Wildman–Crippen LogP) is 14.7. The Hall–Kier alpha value is -1.14. The van der Waals surface area contributed by atoms with E-state index in [1.807, 2.05) is 0 Å². The molecule has 0 spiro atoms. The molecule has 6 heteroatoms. The van der Waals surface area contributed by atoms with Crippen LogP contribution in [-0.2, 0) is 19.1 Å². The molecule has 0 amide bonds. The average molecular weight is 794 g/mol. The van der Waals surface area contributed by atoms with E-state index >= 15 is 0 Å². The molecule has 0 aliphatic carbocycles. The Balaban J connectivity index is 4.07. The number of rotatable bonds is 46. The van der Waals surface area contributed by atoms with Gasteiger partial charge in [0.2, 0.25) is 0 Å². The molecular weight excluding hydrogens is 695 g/mol. The molecule has 1 N–H and O–H groups in total. The predicted molar refractivity (Wildman–Crippen MR) is 241 cm³/mol. The van der Waals surface area contributed by atoms with Crippen LogP contribution >= 0.6 is 0 Å². The van der Waals surface area contributed by atoms with Crippen LogP contribution < -0.4 is 0 Å². The zero-order valence-electron chi connectivity index (χ0n) is 38.4. The van der Waals surface area contributed by atoms with E-state index in [4.69, 9.17) is 9.47 Å². The van der Waals surface area contributed by atoms with Gasteiger partial charge in [-0.25, -0.2) is 0 Å².